The Balaban J connectivity index is 2.01. The van der Waals surface area contributed by atoms with Gasteiger partial charge >= 0.3 is 0 Å². The van der Waals surface area contributed by atoms with E-state index in [0.29, 0.717) is 12.5 Å². The first kappa shape index (κ1) is 16.9. The zero-order chi connectivity index (χ0) is 16.3. The predicted octanol–water partition coefficient (Wildman–Crippen LogP) is 0.376. The van der Waals surface area contributed by atoms with Crippen LogP contribution in [0, 0.1) is 5.92 Å². The van der Waals surface area contributed by atoms with Crippen LogP contribution in [0.25, 0.3) is 0 Å². The number of hydrogen-bond donors (Lipinski definition) is 2. The number of carbonyl (C=O) groups excluding carboxylic acids is 1. The van der Waals surface area contributed by atoms with Crippen LogP contribution in [-0.2, 0) is 14.8 Å². The van der Waals surface area contributed by atoms with Gasteiger partial charge in [0.05, 0.1) is 10.8 Å². The molecule has 2 N–H and O–H groups in total. The van der Waals surface area contributed by atoms with E-state index >= 15 is 0 Å². The van der Waals surface area contributed by atoms with E-state index in [1.165, 1.54) is 18.4 Å². The van der Waals surface area contributed by atoms with Crippen LogP contribution < -0.4 is 10.6 Å². The van der Waals surface area contributed by atoms with Gasteiger partial charge in [0, 0.05) is 39.6 Å². The van der Waals surface area contributed by atoms with Crippen molar-refractivity contribution in [2.45, 2.75) is 17.7 Å². The van der Waals surface area contributed by atoms with Gasteiger partial charge in [-0.25, -0.2) is 12.7 Å². The number of nitrogens with zero attached hydrogens (tertiary/aromatic N) is 1. The van der Waals surface area contributed by atoms with Crippen molar-refractivity contribution in [1.82, 2.24) is 14.9 Å². The maximum absolute atomic E-state index is 12.1. The molecular weight excluding hydrogens is 302 g/mol. The Morgan fingerprint density at radius 2 is 1.91 bits per heavy atom. The molecule has 1 aliphatic heterocycles. The van der Waals surface area contributed by atoms with E-state index < -0.39 is 10.0 Å². The lowest BCUT2D eigenvalue weighted by molar-refractivity contribution is -0.122. The molecule has 22 heavy (non-hydrogen) atoms. The molecule has 7 heteroatoms. The molecule has 1 amide bonds. The molecule has 1 aromatic rings. The number of rotatable bonds is 6. The van der Waals surface area contributed by atoms with Crippen molar-refractivity contribution in [3.05, 3.63) is 29.8 Å². The fourth-order valence-corrected chi connectivity index (χ4v) is 3.08. The van der Waals surface area contributed by atoms with Gasteiger partial charge < -0.3 is 10.6 Å². The fourth-order valence-electron chi connectivity index (χ4n) is 2.18. The maximum Gasteiger partial charge on any atom is 0.242 e. The molecule has 1 unspecified atom stereocenters. The normalized spacial score (nSPS) is 17.1. The molecule has 0 bridgehead atoms. The van der Waals surface area contributed by atoms with Crippen molar-refractivity contribution in [3.63, 3.8) is 0 Å². The minimum Gasteiger partial charge on any atom is -0.355 e. The Morgan fingerprint density at radius 1 is 1.32 bits per heavy atom. The van der Waals surface area contributed by atoms with E-state index in [1.807, 2.05) is 6.92 Å². The second kappa shape index (κ2) is 6.76. The van der Waals surface area contributed by atoms with Crippen LogP contribution in [0.3, 0.4) is 0 Å². The molecule has 1 atom stereocenters. The monoisotopic (exact) mass is 325 g/mol. The van der Waals surface area contributed by atoms with Gasteiger partial charge in [-0.15, -0.1) is 0 Å². The molecule has 1 aromatic carbocycles. The Bertz CT molecular complexity index is 622. The van der Waals surface area contributed by atoms with Gasteiger partial charge in [0.15, 0.2) is 0 Å². The number of sulfonamides is 1. The third-order valence-electron chi connectivity index (χ3n) is 3.98. The number of hydrogen-bond acceptors (Lipinski definition) is 4. The van der Waals surface area contributed by atoms with Crippen LogP contribution in [0.2, 0.25) is 0 Å². The van der Waals surface area contributed by atoms with E-state index in [-0.39, 0.29) is 16.7 Å². The van der Waals surface area contributed by atoms with E-state index in [2.05, 4.69) is 10.6 Å². The molecule has 2 rings (SSSR count). The largest absolute Gasteiger partial charge is 0.355 e. The Labute approximate surface area is 131 Å². The van der Waals surface area contributed by atoms with E-state index in [0.717, 1.165) is 18.7 Å². The second-order valence-electron chi connectivity index (χ2n) is 5.85. The Morgan fingerprint density at radius 3 is 2.36 bits per heavy atom. The minimum absolute atomic E-state index is 0.0323. The van der Waals surface area contributed by atoms with Crippen molar-refractivity contribution in [2.75, 3.05) is 33.7 Å². The van der Waals surface area contributed by atoms with Crippen molar-refractivity contribution in [2.24, 2.45) is 5.92 Å². The fraction of sp³-hybridized carbons (Fsp3) is 0.533. The first-order chi connectivity index (χ1) is 10.3. The average molecular weight is 325 g/mol. The lowest BCUT2D eigenvalue weighted by Gasteiger charge is -2.27. The van der Waals surface area contributed by atoms with E-state index in [4.69, 9.17) is 0 Å². The Kier molecular flexibility index (Phi) is 5.20. The van der Waals surface area contributed by atoms with E-state index in [1.54, 1.807) is 24.3 Å². The first-order valence-electron chi connectivity index (χ1n) is 7.33. The number of benzene rings is 1. The van der Waals surface area contributed by atoms with Crippen molar-refractivity contribution >= 4 is 15.9 Å². The summed E-state index contributed by atoms with van der Waals surface area (Å²) >= 11 is 0. The minimum atomic E-state index is -3.43. The zero-order valence-electron chi connectivity index (χ0n) is 13.2. The van der Waals surface area contributed by atoms with Gasteiger partial charge in [-0.05, 0) is 24.6 Å². The van der Waals surface area contributed by atoms with Crippen LogP contribution in [0.4, 0.5) is 0 Å². The van der Waals surface area contributed by atoms with Crippen molar-refractivity contribution in [1.29, 1.82) is 0 Å². The lowest BCUT2D eigenvalue weighted by Crippen LogP contribution is -2.48. The molecule has 0 radical (unpaired) electrons. The summed E-state index contributed by atoms with van der Waals surface area (Å²) in [7, 11) is -0.442. The number of nitrogens with one attached hydrogen (secondary N) is 2. The zero-order valence-corrected chi connectivity index (χ0v) is 14.0. The lowest BCUT2D eigenvalue weighted by atomic mass is 9.99. The van der Waals surface area contributed by atoms with Gasteiger partial charge in [0.2, 0.25) is 15.9 Å². The highest BCUT2D eigenvalue weighted by atomic mass is 32.2. The highest BCUT2D eigenvalue weighted by Gasteiger charge is 2.21. The van der Waals surface area contributed by atoms with Gasteiger partial charge in [-0.3, -0.25) is 4.79 Å². The summed E-state index contributed by atoms with van der Waals surface area (Å²) in [5, 5.41) is 6.10. The summed E-state index contributed by atoms with van der Waals surface area (Å²) in [6, 6.07) is 6.49. The second-order valence-corrected chi connectivity index (χ2v) is 8.00. The highest BCUT2D eigenvalue weighted by Crippen LogP contribution is 2.20. The SMILES string of the molecule is CC(C(=O)NCC1CNC1)c1ccc(S(=O)(=O)N(C)C)cc1. The third kappa shape index (κ3) is 3.66. The van der Waals surface area contributed by atoms with Crippen molar-refractivity contribution < 1.29 is 13.2 Å². The molecule has 0 spiro atoms. The summed E-state index contributed by atoms with van der Waals surface area (Å²) in [4.78, 5) is 12.4. The standard InChI is InChI=1S/C15H23N3O3S/c1-11(15(19)17-10-12-8-16-9-12)13-4-6-14(7-5-13)22(20,21)18(2)3/h4-7,11-12,16H,8-10H2,1-3H3,(H,17,19). The summed E-state index contributed by atoms with van der Waals surface area (Å²) in [6.07, 6.45) is 0. The maximum atomic E-state index is 12.1. The van der Waals surface area contributed by atoms with Gasteiger partial charge in [0.25, 0.3) is 0 Å². The van der Waals surface area contributed by atoms with Crippen LogP contribution >= 0.6 is 0 Å². The van der Waals surface area contributed by atoms with Crippen LogP contribution in [0.15, 0.2) is 29.2 Å². The molecule has 1 fully saturated rings. The molecule has 1 aliphatic rings. The summed E-state index contributed by atoms with van der Waals surface area (Å²) in [5.74, 6) is 0.183. The molecule has 6 nitrogen and oxygen atoms in total. The van der Waals surface area contributed by atoms with Crippen molar-refractivity contribution in [3.8, 4) is 0 Å². The number of carbonyl (C=O) groups is 1. The summed E-state index contributed by atoms with van der Waals surface area (Å²) < 4.78 is 25.2. The Hall–Kier alpha value is -1.44. The molecule has 0 saturated carbocycles. The van der Waals surface area contributed by atoms with Crippen LogP contribution in [-0.4, -0.2) is 52.4 Å². The molecule has 1 saturated heterocycles. The van der Waals surface area contributed by atoms with Gasteiger partial charge in [-0.1, -0.05) is 12.1 Å². The van der Waals surface area contributed by atoms with Gasteiger partial charge in [-0.2, -0.15) is 0 Å². The van der Waals surface area contributed by atoms with E-state index in [9.17, 15) is 13.2 Å². The summed E-state index contributed by atoms with van der Waals surface area (Å²) in [6.45, 7) is 4.41. The van der Waals surface area contributed by atoms with Crippen LogP contribution in [0.5, 0.6) is 0 Å². The molecule has 1 heterocycles. The highest BCUT2D eigenvalue weighted by molar-refractivity contribution is 7.89. The topological polar surface area (TPSA) is 78.5 Å². The summed E-state index contributed by atoms with van der Waals surface area (Å²) in [5.41, 5.74) is 0.807. The molecule has 0 aromatic heterocycles. The smallest absolute Gasteiger partial charge is 0.242 e. The third-order valence-corrected chi connectivity index (χ3v) is 5.81. The number of amides is 1. The average Bonchev–Trinajstić information content (AvgIpc) is 2.44. The molecular formula is C15H23N3O3S. The molecule has 122 valence electrons. The quantitative estimate of drug-likeness (QED) is 0.792. The first-order valence-corrected chi connectivity index (χ1v) is 8.77. The predicted molar refractivity (Wildman–Crippen MR) is 85.1 cm³/mol. The molecule has 0 aliphatic carbocycles. The van der Waals surface area contributed by atoms with Crippen LogP contribution in [0.1, 0.15) is 18.4 Å². The van der Waals surface area contributed by atoms with Gasteiger partial charge in [0.1, 0.15) is 0 Å².